The Labute approximate surface area is 178 Å². The molecule has 0 aromatic heterocycles. The number of rotatable bonds is 6. The zero-order valence-electron chi connectivity index (χ0n) is 18.7. The van der Waals surface area contributed by atoms with Gasteiger partial charge >= 0.3 is 5.97 Å². The Balaban J connectivity index is 2.17. The van der Waals surface area contributed by atoms with Crippen LogP contribution in [-0.2, 0) is 14.3 Å². The number of hydrogen-bond donors (Lipinski definition) is 1. The number of benzene rings is 1. The van der Waals surface area contributed by atoms with Gasteiger partial charge in [-0.1, -0.05) is 26.8 Å². The number of Topliss-reactive ketones (excluding diaryl/α,β-unsaturated/α-hetero) is 1. The van der Waals surface area contributed by atoms with E-state index in [2.05, 4.69) is 19.2 Å². The molecule has 6 heteroatoms. The Morgan fingerprint density at radius 3 is 2.50 bits per heavy atom. The molecule has 162 valence electrons. The second kappa shape index (κ2) is 8.54. The molecule has 1 aromatic rings. The molecule has 0 saturated heterocycles. The molecule has 0 saturated carbocycles. The maximum absolute atomic E-state index is 13.3. The number of esters is 1. The van der Waals surface area contributed by atoms with E-state index in [1.807, 2.05) is 26.0 Å². The first kappa shape index (κ1) is 21.9. The van der Waals surface area contributed by atoms with Crippen LogP contribution in [-0.4, -0.2) is 32.6 Å². The third-order valence-corrected chi connectivity index (χ3v) is 5.64. The van der Waals surface area contributed by atoms with Crippen molar-refractivity contribution in [1.29, 1.82) is 0 Å². The van der Waals surface area contributed by atoms with Crippen LogP contribution >= 0.6 is 0 Å². The lowest BCUT2D eigenvalue weighted by molar-refractivity contribution is -0.139. The molecule has 3 rings (SSSR count). The van der Waals surface area contributed by atoms with E-state index in [4.69, 9.17) is 14.2 Å². The van der Waals surface area contributed by atoms with Crippen molar-refractivity contribution in [2.24, 2.45) is 5.41 Å². The van der Waals surface area contributed by atoms with Gasteiger partial charge in [0.15, 0.2) is 17.3 Å². The molecule has 1 unspecified atom stereocenters. The van der Waals surface area contributed by atoms with Crippen molar-refractivity contribution in [2.45, 2.75) is 52.9 Å². The van der Waals surface area contributed by atoms with Gasteiger partial charge in [0, 0.05) is 29.3 Å². The first-order valence-electron chi connectivity index (χ1n) is 10.4. The van der Waals surface area contributed by atoms with Gasteiger partial charge in [-0.05, 0) is 42.9 Å². The maximum Gasteiger partial charge on any atom is 0.336 e. The number of carbonyl (C=O) groups is 2. The zero-order chi connectivity index (χ0) is 22.1. The van der Waals surface area contributed by atoms with Gasteiger partial charge in [-0.2, -0.15) is 0 Å². The van der Waals surface area contributed by atoms with Crippen LogP contribution in [0.25, 0.3) is 0 Å². The molecule has 1 aromatic carbocycles. The predicted molar refractivity (Wildman–Crippen MR) is 114 cm³/mol. The van der Waals surface area contributed by atoms with Crippen molar-refractivity contribution in [3.05, 3.63) is 46.3 Å². The highest BCUT2D eigenvalue weighted by molar-refractivity contribution is 6.04. The average Bonchev–Trinajstić information content (AvgIpc) is 2.69. The molecule has 6 nitrogen and oxygen atoms in total. The number of allylic oxidation sites excluding steroid dienone is 3. The fourth-order valence-electron chi connectivity index (χ4n) is 4.34. The molecule has 0 amide bonds. The number of hydrogen-bond acceptors (Lipinski definition) is 6. The average molecular weight is 414 g/mol. The number of carbonyl (C=O) groups excluding carboxylic acids is 2. The molecule has 2 aliphatic rings. The highest BCUT2D eigenvalue weighted by Crippen LogP contribution is 2.47. The second-order valence-corrected chi connectivity index (χ2v) is 8.68. The van der Waals surface area contributed by atoms with Crippen LogP contribution in [0.2, 0.25) is 0 Å². The summed E-state index contributed by atoms with van der Waals surface area (Å²) in [6.07, 6.45) is 1.91. The van der Waals surface area contributed by atoms with E-state index in [0.717, 1.165) is 29.8 Å². The summed E-state index contributed by atoms with van der Waals surface area (Å²) in [4.78, 5) is 26.3. The summed E-state index contributed by atoms with van der Waals surface area (Å²) in [6, 6.07) is 5.53. The fourth-order valence-corrected chi connectivity index (χ4v) is 4.34. The quantitative estimate of drug-likeness (QED) is 0.703. The second-order valence-electron chi connectivity index (χ2n) is 8.68. The molecule has 0 spiro atoms. The van der Waals surface area contributed by atoms with E-state index in [0.29, 0.717) is 35.7 Å². The maximum atomic E-state index is 13.3. The largest absolute Gasteiger partial charge is 0.493 e. The molecule has 0 fully saturated rings. The SMILES string of the molecule is CCCOC(=O)C1=C(C)NC2=C(C(=O)CC(C)(C)C2)C1c1ccc(OC)c(OC)c1. The van der Waals surface area contributed by atoms with Crippen LogP contribution in [0.1, 0.15) is 58.4 Å². The van der Waals surface area contributed by atoms with Crippen molar-refractivity contribution in [3.8, 4) is 11.5 Å². The Morgan fingerprint density at radius 2 is 1.87 bits per heavy atom. The zero-order valence-corrected chi connectivity index (χ0v) is 18.7. The molecule has 30 heavy (non-hydrogen) atoms. The van der Waals surface area contributed by atoms with Crippen molar-refractivity contribution in [1.82, 2.24) is 5.32 Å². The van der Waals surface area contributed by atoms with Gasteiger partial charge in [0.1, 0.15) is 0 Å². The molecule has 1 atom stereocenters. The topological polar surface area (TPSA) is 73.9 Å². The van der Waals surface area contributed by atoms with Gasteiger partial charge in [-0.25, -0.2) is 4.79 Å². The van der Waals surface area contributed by atoms with Gasteiger partial charge in [-0.3, -0.25) is 4.79 Å². The van der Waals surface area contributed by atoms with E-state index in [-0.39, 0.29) is 11.2 Å². The number of methoxy groups -OCH3 is 2. The summed E-state index contributed by atoms with van der Waals surface area (Å²) in [5.74, 6) is 0.302. The lowest BCUT2D eigenvalue weighted by Gasteiger charge is -2.39. The Bertz CT molecular complexity index is 926. The summed E-state index contributed by atoms with van der Waals surface area (Å²) in [5.41, 5.74) is 3.40. The van der Waals surface area contributed by atoms with Crippen LogP contribution in [0.3, 0.4) is 0 Å². The van der Waals surface area contributed by atoms with Crippen molar-refractivity contribution >= 4 is 11.8 Å². The van der Waals surface area contributed by atoms with E-state index in [1.54, 1.807) is 20.3 Å². The Hall–Kier alpha value is -2.76. The van der Waals surface area contributed by atoms with Crippen LogP contribution in [0.5, 0.6) is 11.5 Å². The monoisotopic (exact) mass is 413 g/mol. The molecule has 1 aliphatic carbocycles. The minimum atomic E-state index is -0.506. The van der Waals surface area contributed by atoms with E-state index < -0.39 is 11.9 Å². The van der Waals surface area contributed by atoms with Crippen molar-refractivity contribution < 1.29 is 23.8 Å². The van der Waals surface area contributed by atoms with Crippen LogP contribution in [0.4, 0.5) is 0 Å². The highest BCUT2D eigenvalue weighted by atomic mass is 16.5. The normalized spacial score (nSPS) is 20.5. The molecule has 0 radical (unpaired) electrons. The summed E-state index contributed by atoms with van der Waals surface area (Å²) in [7, 11) is 3.15. The van der Waals surface area contributed by atoms with Gasteiger partial charge in [-0.15, -0.1) is 0 Å². The van der Waals surface area contributed by atoms with Crippen molar-refractivity contribution in [2.75, 3.05) is 20.8 Å². The fraction of sp³-hybridized carbons (Fsp3) is 0.500. The summed E-state index contributed by atoms with van der Waals surface area (Å²) in [6.45, 7) is 8.33. The molecular weight excluding hydrogens is 382 g/mol. The first-order chi connectivity index (χ1) is 14.2. The summed E-state index contributed by atoms with van der Waals surface area (Å²) in [5, 5.41) is 3.34. The van der Waals surface area contributed by atoms with Gasteiger partial charge in [0.25, 0.3) is 0 Å². The molecule has 1 N–H and O–H groups in total. The summed E-state index contributed by atoms with van der Waals surface area (Å²) < 4.78 is 16.3. The van der Waals surface area contributed by atoms with Crippen LogP contribution < -0.4 is 14.8 Å². The highest BCUT2D eigenvalue weighted by Gasteiger charge is 2.43. The van der Waals surface area contributed by atoms with Crippen molar-refractivity contribution in [3.63, 3.8) is 0 Å². The Morgan fingerprint density at radius 1 is 1.17 bits per heavy atom. The lowest BCUT2D eigenvalue weighted by atomic mass is 9.68. The number of nitrogens with one attached hydrogen (secondary N) is 1. The van der Waals surface area contributed by atoms with E-state index in [9.17, 15) is 9.59 Å². The standard InChI is InChI=1S/C24H31NO5/c1-7-10-30-23(27)20-14(2)25-16-12-24(3,4)13-17(26)22(16)21(20)15-8-9-18(28-5)19(11-15)29-6/h8-9,11,21,25H,7,10,12-13H2,1-6H3. The van der Waals surface area contributed by atoms with E-state index >= 15 is 0 Å². The minimum absolute atomic E-state index is 0.0572. The smallest absolute Gasteiger partial charge is 0.336 e. The molecule has 1 heterocycles. The third-order valence-electron chi connectivity index (χ3n) is 5.64. The molecule has 0 bridgehead atoms. The molecule has 1 aliphatic heterocycles. The number of dihydropyridines is 1. The number of ketones is 1. The van der Waals surface area contributed by atoms with E-state index in [1.165, 1.54) is 0 Å². The first-order valence-corrected chi connectivity index (χ1v) is 10.4. The number of ether oxygens (including phenoxy) is 3. The van der Waals surface area contributed by atoms with Gasteiger partial charge in [0.05, 0.1) is 26.4 Å². The van der Waals surface area contributed by atoms with Gasteiger partial charge < -0.3 is 19.5 Å². The predicted octanol–water partition coefficient (Wildman–Crippen LogP) is 4.26. The third kappa shape index (κ3) is 4.09. The van der Waals surface area contributed by atoms with Crippen LogP contribution in [0.15, 0.2) is 40.7 Å². The Kier molecular flexibility index (Phi) is 6.25. The lowest BCUT2D eigenvalue weighted by Crippen LogP contribution is -2.38. The minimum Gasteiger partial charge on any atom is -0.493 e. The summed E-state index contributed by atoms with van der Waals surface area (Å²) >= 11 is 0. The van der Waals surface area contributed by atoms with Crippen LogP contribution in [0, 0.1) is 5.41 Å². The molecular formula is C24H31NO5. The van der Waals surface area contributed by atoms with Gasteiger partial charge in [0.2, 0.25) is 0 Å².